The number of nitrogens with two attached hydrogens (primary N) is 1. The molecule has 0 aliphatic rings. The molecule has 1 aromatic rings. The van der Waals surface area contributed by atoms with Crippen LogP contribution in [0.15, 0.2) is 9.85 Å². The maximum absolute atomic E-state index is 11.9. The number of hydrogen-bond acceptors (Lipinski definition) is 2. The molecule has 2 N–H and O–H groups in total. The Bertz CT molecular complexity index is 242. The van der Waals surface area contributed by atoms with Gasteiger partial charge in [-0.25, -0.2) is 0 Å². The molecule has 0 aromatic carbocycles. The van der Waals surface area contributed by atoms with Crippen LogP contribution >= 0.6 is 27.3 Å². The van der Waals surface area contributed by atoms with Gasteiger partial charge in [0.25, 0.3) is 0 Å². The summed E-state index contributed by atoms with van der Waals surface area (Å²) in [5.74, 6) is 0. The summed E-state index contributed by atoms with van der Waals surface area (Å²) < 4.78 is 13.0. The standard InChI is InChI=1S/C8H11BrFNS/c1-5-4-7(12-8(5)9)6(11)2-3-10/h4,6H,2-3,11H2,1H3/t6-/m1/s1. The molecule has 1 atom stereocenters. The topological polar surface area (TPSA) is 26.0 Å². The quantitative estimate of drug-likeness (QED) is 0.878. The van der Waals surface area contributed by atoms with Gasteiger partial charge < -0.3 is 5.73 Å². The van der Waals surface area contributed by atoms with E-state index in [1.165, 1.54) is 5.56 Å². The third kappa shape index (κ3) is 2.28. The average molecular weight is 252 g/mol. The molecule has 1 aromatic heterocycles. The number of aryl methyl sites for hydroxylation is 1. The summed E-state index contributed by atoms with van der Waals surface area (Å²) in [6.45, 7) is 1.65. The Morgan fingerprint density at radius 3 is 2.83 bits per heavy atom. The molecule has 1 heterocycles. The molecule has 0 spiro atoms. The van der Waals surface area contributed by atoms with E-state index < -0.39 is 0 Å². The highest BCUT2D eigenvalue weighted by Crippen LogP contribution is 2.31. The lowest BCUT2D eigenvalue weighted by atomic mass is 10.2. The molecular formula is C8H11BrFNS. The summed E-state index contributed by atoms with van der Waals surface area (Å²) in [7, 11) is 0. The van der Waals surface area contributed by atoms with Crippen LogP contribution < -0.4 is 5.73 Å². The van der Waals surface area contributed by atoms with Gasteiger partial charge in [0.05, 0.1) is 10.5 Å². The molecule has 0 saturated heterocycles. The second kappa shape index (κ2) is 4.35. The van der Waals surface area contributed by atoms with Crippen LogP contribution in [0.4, 0.5) is 4.39 Å². The molecule has 0 aliphatic carbocycles. The molecule has 0 radical (unpaired) electrons. The number of thiophene rings is 1. The minimum absolute atomic E-state index is 0.148. The van der Waals surface area contributed by atoms with Crippen LogP contribution in [-0.2, 0) is 0 Å². The summed E-state index contributed by atoms with van der Waals surface area (Å²) in [6, 6.07) is 1.86. The third-order valence-electron chi connectivity index (χ3n) is 1.66. The summed E-state index contributed by atoms with van der Waals surface area (Å²) in [5, 5.41) is 0. The second-order valence-corrected chi connectivity index (χ2v) is 5.09. The van der Waals surface area contributed by atoms with Gasteiger partial charge in [-0.1, -0.05) is 0 Å². The maximum atomic E-state index is 11.9. The fourth-order valence-electron chi connectivity index (χ4n) is 0.926. The van der Waals surface area contributed by atoms with Crippen molar-refractivity contribution in [1.82, 2.24) is 0 Å². The molecule has 0 fully saturated rings. The van der Waals surface area contributed by atoms with E-state index in [4.69, 9.17) is 5.73 Å². The van der Waals surface area contributed by atoms with Gasteiger partial charge in [-0.05, 0) is 40.9 Å². The van der Waals surface area contributed by atoms with E-state index in [-0.39, 0.29) is 12.7 Å². The molecule has 0 unspecified atom stereocenters. The van der Waals surface area contributed by atoms with Crippen LogP contribution in [-0.4, -0.2) is 6.67 Å². The first-order chi connectivity index (χ1) is 5.65. The van der Waals surface area contributed by atoms with Crippen molar-refractivity contribution >= 4 is 27.3 Å². The molecule has 68 valence electrons. The van der Waals surface area contributed by atoms with Crippen LogP contribution in [0.3, 0.4) is 0 Å². The molecule has 0 amide bonds. The highest BCUT2D eigenvalue weighted by molar-refractivity contribution is 9.11. The Balaban J connectivity index is 2.74. The Labute approximate surface area is 83.9 Å². The van der Waals surface area contributed by atoms with Crippen molar-refractivity contribution in [3.63, 3.8) is 0 Å². The molecule has 0 bridgehead atoms. The molecule has 1 rings (SSSR count). The minimum atomic E-state index is -0.351. The first-order valence-electron chi connectivity index (χ1n) is 3.72. The van der Waals surface area contributed by atoms with E-state index in [0.29, 0.717) is 6.42 Å². The van der Waals surface area contributed by atoms with Gasteiger partial charge in [0.1, 0.15) is 0 Å². The smallest absolute Gasteiger partial charge is 0.0912 e. The summed E-state index contributed by atoms with van der Waals surface area (Å²) >= 11 is 4.99. The van der Waals surface area contributed by atoms with E-state index in [1.807, 2.05) is 13.0 Å². The van der Waals surface area contributed by atoms with Crippen LogP contribution in [0.25, 0.3) is 0 Å². The van der Waals surface area contributed by atoms with Crippen LogP contribution in [0.1, 0.15) is 22.9 Å². The van der Waals surface area contributed by atoms with Crippen LogP contribution in [0, 0.1) is 6.92 Å². The van der Waals surface area contributed by atoms with Gasteiger partial charge >= 0.3 is 0 Å². The highest BCUT2D eigenvalue weighted by atomic mass is 79.9. The SMILES string of the molecule is Cc1cc([C@H](N)CCF)sc1Br. The lowest BCUT2D eigenvalue weighted by molar-refractivity contribution is 0.444. The average Bonchev–Trinajstić information content (AvgIpc) is 2.33. The van der Waals surface area contributed by atoms with E-state index in [0.717, 1.165) is 8.66 Å². The van der Waals surface area contributed by atoms with Crippen LogP contribution in [0.5, 0.6) is 0 Å². The lowest BCUT2D eigenvalue weighted by Gasteiger charge is -2.04. The predicted molar refractivity (Wildman–Crippen MR) is 54.3 cm³/mol. The van der Waals surface area contributed by atoms with Crippen molar-refractivity contribution in [2.75, 3.05) is 6.67 Å². The lowest BCUT2D eigenvalue weighted by Crippen LogP contribution is -2.08. The van der Waals surface area contributed by atoms with Crippen molar-refractivity contribution < 1.29 is 4.39 Å². The van der Waals surface area contributed by atoms with E-state index >= 15 is 0 Å². The monoisotopic (exact) mass is 251 g/mol. The van der Waals surface area contributed by atoms with Crippen molar-refractivity contribution in [2.45, 2.75) is 19.4 Å². The minimum Gasteiger partial charge on any atom is -0.323 e. The van der Waals surface area contributed by atoms with Gasteiger partial charge in [0.15, 0.2) is 0 Å². The molecular weight excluding hydrogens is 241 g/mol. The van der Waals surface area contributed by atoms with E-state index in [1.54, 1.807) is 11.3 Å². The Morgan fingerprint density at radius 2 is 2.42 bits per heavy atom. The van der Waals surface area contributed by atoms with Gasteiger partial charge in [-0.3, -0.25) is 4.39 Å². The first kappa shape index (κ1) is 10.2. The normalized spacial score (nSPS) is 13.3. The summed E-state index contributed by atoms with van der Waals surface area (Å²) in [6.07, 6.45) is 0.409. The fraction of sp³-hybridized carbons (Fsp3) is 0.500. The zero-order valence-electron chi connectivity index (χ0n) is 6.81. The van der Waals surface area contributed by atoms with E-state index in [2.05, 4.69) is 15.9 Å². The predicted octanol–water partition coefficient (Wildman–Crippen LogP) is 3.18. The molecule has 12 heavy (non-hydrogen) atoms. The maximum Gasteiger partial charge on any atom is 0.0912 e. The molecule has 0 saturated carbocycles. The fourth-order valence-corrected chi connectivity index (χ4v) is 2.53. The zero-order valence-corrected chi connectivity index (χ0v) is 9.21. The molecule has 0 aliphatic heterocycles. The van der Waals surface area contributed by atoms with Crippen LogP contribution in [0.2, 0.25) is 0 Å². The molecule has 4 heteroatoms. The van der Waals surface area contributed by atoms with Gasteiger partial charge in [0.2, 0.25) is 0 Å². The van der Waals surface area contributed by atoms with Crippen molar-refractivity contribution in [2.24, 2.45) is 5.73 Å². The second-order valence-electron chi connectivity index (χ2n) is 2.69. The number of alkyl halides is 1. The first-order valence-corrected chi connectivity index (χ1v) is 5.33. The van der Waals surface area contributed by atoms with Crippen molar-refractivity contribution in [1.29, 1.82) is 0 Å². The Morgan fingerprint density at radius 1 is 1.75 bits per heavy atom. The third-order valence-corrected chi connectivity index (χ3v) is 3.93. The van der Waals surface area contributed by atoms with Gasteiger partial charge in [0, 0.05) is 10.9 Å². The van der Waals surface area contributed by atoms with Crippen molar-refractivity contribution in [3.05, 3.63) is 20.3 Å². The van der Waals surface area contributed by atoms with Crippen molar-refractivity contribution in [3.8, 4) is 0 Å². The molecule has 1 nitrogen and oxygen atoms in total. The Kier molecular flexibility index (Phi) is 3.68. The zero-order chi connectivity index (χ0) is 9.14. The number of rotatable bonds is 3. The summed E-state index contributed by atoms with van der Waals surface area (Å²) in [5.41, 5.74) is 6.91. The number of hydrogen-bond donors (Lipinski definition) is 1. The summed E-state index contributed by atoms with van der Waals surface area (Å²) in [4.78, 5) is 1.05. The van der Waals surface area contributed by atoms with E-state index in [9.17, 15) is 4.39 Å². The highest BCUT2D eigenvalue weighted by Gasteiger charge is 2.10. The largest absolute Gasteiger partial charge is 0.323 e. The Hall–Kier alpha value is 0.0700. The van der Waals surface area contributed by atoms with Gasteiger partial charge in [-0.2, -0.15) is 0 Å². The van der Waals surface area contributed by atoms with Gasteiger partial charge in [-0.15, -0.1) is 11.3 Å². The number of halogens is 2.